The number of nitrogens with zero attached hydrogens (tertiary/aromatic N) is 3. The lowest BCUT2D eigenvalue weighted by Crippen LogP contribution is -2.46. The van der Waals surface area contributed by atoms with Crippen molar-refractivity contribution in [2.45, 2.75) is 19.4 Å². The van der Waals surface area contributed by atoms with Crippen molar-refractivity contribution in [3.63, 3.8) is 0 Å². The van der Waals surface area contributed by atoms with Crippen LogP contribution in [-0.4, -0.2) is 76.4 Å². The maximum atomic E-state index is 11.6. The molecule has 0 unspecified atom stereocenters. The van der Waals surface area contributed by atoms with E-state index in [9.17, 15) is 4.79 Å². The number of urea groups is 1. The van der Waals surface area contributed by atoms with Crippen LogP contribution in [0.4, 0.5) is 10.5 Å². The molecule has 0 aromatic heterocycles. The van der Waals surface area contributed by atoms with Gasteiger partial charge in [0, 0.05) is 46.8 Å². The Hall–Kier alpha value is -2.93. The number of nitrogens with one attached hydrogen (secondary N) is 1. The summed E-state index contributed by atoms with van der Waals surface area (Å²) in [6.45, 7) is 6.54. The topological polar surface area (TPSA) is 57.3 Å². The summed E-state index contributed by atoms with van der Waals surface area (Å²) in [5.74, 6) is 1.82. The molecule has 0 saturated carbocycles. The lowest BCUT2D eigenvalue weighted by atomic mass is 10.2. The minimum atomic E-state index is -0.0912. The first kappa shape index (κ1) is 23.7. The second kappa shape index (κ2) is 12.2. The molecular weight excluding hydrogens is 404 g/mol. The van der Waals surface area contributed by atoms with E-state index in [0.717, 1.165) is 69.2 Å². The van der Waals surface area contributed by atoms with Crippen molar-refractivity contribution < 1.29 is 14.3 Å². The van der Waals surface area contributed by atoms with Crippen molar-refractivity contribution in [2.24, 2.45) is 0 Å². The van der Waals surface area contributed by atoms with E-state index < -0.39 is 0 Å². The fourth-order valence-electron chi connectivity index (χ4n) is 3.77. The van der Waals surface area contributed by atoms with Crippen LogP contribution in [0.1, 0.15) is 18.4 Å². The van der Waals surface area contributed by atoms with Crippen LogP contribution in [0.3, 0.4) is 0 Å². The standard InChI is InChI=1S/C25H36N4O3/c1-27(2)25(30)26-20-21-10-12-22(13-11-21)32-19-7-6-14-28-15-17-29(18-16-28)23-8-4-5-9-24(23)31-3/h4-5,8-13H,6-7,14-20H2,1-3H3,(H,26,30). The first-order chi connectivity index (χ1) is 15.6. The Bertz CT molecular complexity index is 833. The van der Waals surface area contributed by atoms with Crippen LogP contribution in [0.2, 0.25) is 0 Å². The predicted molar refractivity (Wildman–Crippen MR) is 129 cm³/mol. The maximum absolute atomic E-state index is 11.6. The van der Waals surface area contributed by atoms with Gasteiger partial charge >= 0.3 is 6.03 Å². The van der Waals surface area contributed by atoms with Crippen molar-refractivity contribution >= 4 is 11.7 Å². The average Bonchev–Trinajstić information content (AvgIpc) is 2.83. The molecule has 1 fully saturated rings. The fourth-order valence-corrected chi connectivity index (χ4v) is 3.77. The number of hydrogen-bond donors (Lipinski definition) is 1. The molecule has 174 valence electrons. The number of amides is 2. The van der Waals surface area contributed by atoms with E-state index in [1.54, 1.807) is 21.2 Å². The van der Waals surface area contributed by atoms with Gasteiger partial charge in [-0.1, -0.05) is 24.3 Å². The van der Waals surface area contributed by atoms with Crippen LogP contribution in [0.5, 0.6) is 11.5 Å². The highest BCUT2D eigenvalue weighted by Gasteiger charge is 2.19. The maximum Gasteiger partial charge on any atom is 0.317 e. The van der Waals surface area contributed by atoms with Gasteiger partial charge in [-0.2, -0.15) is 0 Å². The first-order valence-corrected chi connectivity index (χ1v) is 11.3. The zero-order valence-corrected chi connectivity index (χ0v) is 19.5. The van der Waals surface area contributed by atoms with Crippen LogP contribution < -0.4 is 19.7 Å². The molecule has 0 bridgehead atoms. The smallest absolute Gasteiger partial charge is 0.317 e. The summed E-state index contributed by atoms with van der Waals surface area (Å²) in [7, 11) is 5.19. The van der Waals surface area contributed by atoms with E-state index >= 15 is 0 Å². The normalized spacial score (nSPS) is 14.2. The van der Waals surface area contributed by atoms with Gasteiger partial charge in [0.05, 0.1) is 19.4 Å². The summed E-state index contributed by atoms with van der Waals surface area (Å²) in [5.41, 5.74) is 2.24. The van der Waals surface area contributed by atoms with E-state index in [1.807, 2.05) is 36.4 Å². The summed E-state index contributed by atoms with van der Waals surface area (Å²) < 4.78 is 11.4. The quantitative estimate of drug-likeness (QED) is 0.574. The summed E-state index contributed by atoms with van der Waals surface area (Å²) in [6, 6.07) is 16.1. The number of carbonyl (C=O) groups excluding carboxylic acids is 1. The molecule has 7 nitrogen and oxygen atoms in total. The lowest BCUT2D eigenvalue weighted by Gasteiger charge is -2.36. The van der Waals surface area contributed by atoms with Crippen molar-refractivity contribution in [3.05, 3.63) is 54.1 Å². The highest BCUT2D eigenvalue weighted by molar-refractivity contribution is 5.73. The third kappa shape index (κ3) is 7.05. The van der Waals surface area contributed by atoms with Gasteiger partial charge in [-0.3, -0.25) is 4.90 Å². The number of carbonyl (C=O) groups is 1. The number of hydrogen-bond acceptors (Lipinski definition) is 5. The molecule has 0 atom stereocenters. The Morgan fingerprint density at radius 3 is 2.41 bits per heavy atom. The van der Waals surface area contributed by atoms with Gasteiger partial charge in [-0.25, -0.2) is 4.79 Å². The molecule has 2 aromatic rings. The van der Waals surface area contributed by atoms with E-state index in [2.05, 4.69) is 27.2 Å². The summed E-state index contributed by atoms with van der Waals surface area (Å²) in [6.07, 6.45) is 2.16. The number of piperazine rings is 1. The second-order valence-corrected chi connectivity index (χ2v) is 8.25. The van der Waals surface area contributed by atoms with E-state index in [1.165, 1.54) is 10.6 Å². The van der Waals surface area contributed by atoms with Gasteiger partial charge in [0.2, 0.25) is 0 Å². The molecule has 1 saturated heterocycles. The van der Waals surface area contributed by atoms with Gasteiger partial charge in [0.15, 0.2) is 0 Å². The molecule has 0 spiro atoms. The van der Waals surface area contributed by atoms with Crippen LogP contribution in [0.25, 0.3) is 0 Å². The molecule has 2 amide bonds. The zero-order chi connectivity index (χ0) is 22.8. The van der Waals surface area contributed by atoms with Gasteiger partial charge < -0.3 is 24.6 Å². The molecule has 1 aliphatic rings. The molecule has 2 aromatic carbocycles. The number of benzene rings is 2. The van der Waals surface area contributed by atoms with E-state index in [4.69, 9.17) is 9.47 Å². The number of para-hydroxylation sites is 2. The summed E-state index contributed by atoms with van der Waals surface area (Å²) in [5, 5.41) is 2.86. The minimum absolute atomic E-state index is 0.0912. The van der Waals surface area contributed by atoms with E-state index in [0.29, 0.717) is 6.54 Å². The third-order valence-corrected chi connectivity index (χ3v) is 5.71. The number of unbranched alkanes of at least 4 members (excludes halogenated alkanes) is 1. The Labute approximate surface area is 191 Å². The molecular formula is C25H36N4O3. The third-order valence-electron chi connectivity index (χ3n) is 5.71. The van der Waals surface area contributed by atoms with Crippen molar-refractivity contribution in [1.82, 2.24) is 15.1 Å². The van der Waals surface area contributed by atoms with Crippen molar-refractivity contribution in [2.75, 3.05) is 65.4 Å². The number of methoxy groups -OCH3 is 1. The van der Waals surface area contributed by atoms with Gasteiger partial charge in [-0.15, -0.1) is 0 Å². The molecule has 0 radical (unpaired) electrons. The van der Waals surface area contributed by atoms with E-state index in [-0.39, 0.29) is 6.03 Å². The highest BCUT2D eigenvalue weighted by Crippen LogP contribution is 2.28. The Kier molecular flexibility index (Phi) is 9.04. The second-order valence-electron chi connectivity index (χ2n) is 8.25. The Balaban J connectivity index is 1.29. The zero-order valence-electron chi connectivity index (χ0n) is 19.5. The fraction of sp³-hybridized carbons (Fsp3) is 0.480. The van der Waals surface area contributed by atoms with Crippen molar-refractivity contribution in [3.8, 4) is 11.5 Å². The van der Waals surface area contributed by atoms with Crippen LogP contribution >= 0.6 is 0 Å². The van der Waals surface area contributed by atoms with Crippen LogP contribution in [-0.2, 0) is 6.54 Å². The molecule has 1 heterocycles. The lowest BCUT2D eigenvalue weighted by molar-refractivity contribution is 0.217. The molecule has 1 N–H and O–H groups in total. The molecule has 0 aliphatic carbocycles. The van der Waals surface area contributed by atoms with Gasteiger partial charge in [-0.05, 0) is 49.2 Å². The average molecular weight is 441 g/mol. The Morgan fingerprint density at radius 1 is 1.00 bits per heavy atom. The molecule has 7 heteroatoms. The largest absolute Gasteiger partial charge is 0.495 e. The monoisotopic (exact) mass is 440 g/mol. The minimum Gasteiger partial charge on any atom is -0.495 e. The van der Waals surface area contributed by atoms with Gasteiger partial charge in [0.1, 0.15) is 11.5 Å². The van der Waals surface area contributed by atoms with Crippen LogP contribution in [0.15, 0.2) is 48.5 Å². The number of rotatable bonds is 10. The summed E-state index contributed by atoms with van der Waals surface area (Å²) >= 11 is 0. The first-order valence-electron chi connectivity index (χ1n) is 11.3. The van der Waals surface area contributed by atoms with Crippen molar-refractivity contribution in [1.29, 1.82) is 0 Å². The summed E-state index contributed by atoms with van der Waals surface area (Å²) in [4.78, 5) is 18.1. The highest BCUT2D eigenvalue weighted by atomic mass is 16.5. The molecule has 1 aliphatic heterocycles. The number of ether oxygens (including phenoxy) is 2. The SMILES string of the molecule is COc1ccccc1N1CCN(CCCCOc2ccc(CNC(=O)N(C)C)cc2)CC1. The van der Waals surface area contributed by atoms with Crippen LogP contribution in [0, 0.1) is 0 Å². The Morgan fingerprint density at radius 2 is 1.72 bits per heavy atom. The molecule has 3 rings (SSSR count). The predicted octanol–water partition coefficient (Wildman–Crippen LogP) is 3.45. The van der Waals surface area contributed by atoms with Gasteiger partial charge in [0.25, 0.3) is 0 Å². The molecule has 32 heavy (non-hydrogen) atoms. The number of anilines is 1.